The van der Waals surface area contributed by atoms with Gasteiger partial charge in [-0.05, 0) is 6.92 Å². The fourth-order valence-electron chi connectivity index (χ4n) is 0.571. The normalized spacial score (nSPS) is 14.5. The third-order valence-corrected chi connectivity index (χ3v) is 1.28. The Labute approximate surface area is 81.7 Å². The van der Waals surface area contributed by atoms with Gasteiger partial charge in [-0.25, -0.2) is 9.98 Å². The minimum atomic E-state index is 0.0641. The van der Waals surface area contributed by atoms with E-state index in [4.69, 9.17) is 28.8 Å². The number of hydrogen-bond acceptors (Lipinski definition) is 4. The summed E-state index contributed by atoms with van der Waals surface area (Å²) in [7, 11) is 0. The molecule has 6 heteroatoms. The van der Waals surface area contributed by atoms with Crippen molar-refractivity contribution in [3.05, 3.63) is 23.8 Å². The van der Waals surface area contributed by atoms with E-state index in [2.05, 4.69) is 16.6 Å². The molecule has 0 radical (unpaired) electrons. The van der Waals surface area contributed by atoms with Crippen molar-refractivity contribution in [2.24, 2.45) is 27.2 Å². The van der Waals surface area contributed by atoms with Gasteiger partial charge >= 0.3 is 0 Å². The molecule has 6 N–H and O–H groups in total. The van der Waals surface area contributed by atoms with Crippen LogP contribution in [0.3, 0.4) is 0 Å². The van der Waals surface area contributed by atoms with Crippen LogP contribution in [0.4, 0.5) is 0 Å². The van der Waals surface area contributed by atoms with Crippen molar-refractivity contribution < 1.29 is 0 Å². The average molecular weight is 202 g/mol. The van der Waals surface area contributed by atoms with Gasteiger partial charge in [0.25, 0.3) is 0 Å². The summed E-state index contributed by atoms with van der Waals surface area (Å²) in [6, 6.07) is 0. The predicted octanol–water partition coefficient (Wildman–Crippen LogP) is 0.231. The summed E-state index contributed by atoms with van der Waals surface area (Å²) in [6.07, 6.45) is 1.07. The third-order valence-electron chi connectivity index (χ3n) is 1.01. The minimum absolute atomic E-state index is 0.0641. The lowest BCUT2D eigenvalue weighted by Gasteiger charge is -2.00. The van der Waals surface area contributed by atoms with Crippen molar-refractivity contribution in [2.75, 3.05) is 0 Å². The Bertz CT molecular complexity index is 285. The van der Waals surface area contributed by atoms with Gasteiger partial charge in [0.2, 0.25) is 0 Å². The van der Waals surface area contributed by atoms with Crippen LogP contribution in [0.2, 0.25) is 0 Å². The fraction of sp³-hybridized carbons (Fsp3) is 0.143. The number of nitrogens with two attached hydrogens (primary N) is 3. The van der Waals surface area contributed by atoms with Crippen molar-refractivity contribution >= 4 is 23.1 Å². The van der Waals surface area contributed by atoms with E-state index in [0.29, 0.717) is 5.70 Å². The van der Waals surface area contributed by atoms with E-state index in [-0.39, 0.29) is 16.7 Å². The summed E-state index contributed by atoms with van der Waals surface area (Å²) in [6.45, 7) is 4.98. The molecule has 0 saturated carbocycles. The van der Waals surface area contributed by atoms with Crippen LogP contribution in [-0.4, -0.2) is 11.5 Å². The molecule has 0 rings (SSSR count). The highest BCUT2D eigenvalue weighted by molar-refractivity contribution is 6.69. The van der Waals surface area contributed by atoms with Gasteiger partial charge in [0.1, 0.15) is 11.5 Å². The molecular weight excluding hydrogens is 190 g/mol. The number of rotatable bonds is 3. The first kappa shape index (κ1) is 11.5. The highest BCUT2D eigenvalue weighted by Crippen LogP contribution is 2.08. The molecule has 0 spiro atoms. The molecule has 0 aromatic heterocycles. The van der Waals surface area contributed by atoms with Gasteiger partial charge in [-0.2, -0.15) is 0 Å². The topological polar surface area (TPSA) is 103 Å². The van der Waals surface area contributed by atoms with E-state index in [1.807, 2.05) is 0 Å². The quantitative estimate of drug-likeness (QED) is 0.450. The summed E-state index contributed by atoms with van der Waals surface area (Å²) in [5.41, 5.74) is 16.5. The molecule has 0 aromatic rings. The van der Waals surface area contributed by atoms with Crippen LogP contribution in [0.25, 0.3) is 0 Å². The van der Waals surface area contributed by atoms with Crippen molar-refractivity contribution in [1.82, 2.24) is 0 Å². The van der Waals surface area contributed by atoms with E-state index in [9.17, 15) is 0 Å². The lowest BCUT2D eigenvalue weighted by atomic mass is 10.4. The smallest absolute Gasteiger partial charge is 0.158 e. The number of nitrogens with zero attached hydrogens (tertiary/aromatic N) is 2. The zero-order valence-corrected chi connectivity index (χ0v) is 8.04. The zero-order chi connectivity index (χ0) is 10.4. The van der Waals surface area contributed by atoms with Gasteiger partial charge in [-0.1, -0.05) is 18.2 Å². The van der Waals surface area contributed by atoms with Crippen LogP contribution in [0, 0.1) is 0 Å². The maximum atomic E-state index is 5.72. The molecule has 0 amide bonds. The lowest BCUT2D eigenvalue weighted by Crippen LogP contribution is -2.06. The van der Waals surface area contributed by atoms with Gasteiger partial charge in [-0.3, -0.25) is 0 Å². The van der Waals surface area contributed by atoms with Crippen molar-refractivity contribution in [1.29, 1.82) is 0 Å². The lowest BCUT2D eigenvalue weighted by molar-refractivity contribution is 1.21. The fourth-order valence-corrected chi connectivity index (χ4v) is 0.878. The number of allylic oxidation sites excluding steroid dienone is 2. The van der Waals surface area contributed by atoms with Crippen molar-refractivity contribution in [3.63, 3.8) is 0 Å². The number of halogens is 1. The summed E-state index contributed by atoms with van der Waals surface area (Å²) in [5.74, 6) is 0.0796. The van der Waals surface area contributed by atoms with E-state index < -0.39 is 0 Å². The molecule has 72 valence electrons. The summed E-state index contributed by atoms with van der Waals surface area (Å²) in [4.78, 5) is 7.40. The SMILES string of the molecule is C=C(N)N=C(Cl)/C(N=CN)=C(/C)N. The molecule has 0 aliphatic rings. The molecule has 0 atom stereocenters. The van der Waals surface area contributed by atoms with Gasteiger partial charge in [0.15, 0.2) is 5.17 Å². The molecule has 0 aromatic carbocycles. The highest BCUT2D eigenvalue weighted by Gasteiger charge is 2.04. The molecule has 0 bridgehead atoms. The maximum Gasteiger partial charge on any atom is 0.158 e. The molecule has 0 aliphatic heterocycles. The zero-order valence-electron chi connectivity index (χ0n) is 7.29. The summed E-state index contributed by atoms with van der Waals surface area (Å²) in [5, 5.41) is 0.0641. The Morgan fingerprint density at radius 2 is 2.00 bits per heavy atom. The minimum Gasteiger partial charge on any atom is -0.400 e. The number of aliphatic imine (C=N–C) groups is 2. The summed E-state index contributed by atoms with van der Waals surface area (Å²) < 4.78 is 0. The first-order valence-electron chi connectivity index (χ1n) is 3.38. The first-order chi connectivity index (χ1) is 5.99. The van der Waals surface area contributed by atoms with Crippen molar-refractivity contribution in [2.45, 2.75) is 6.92 Å². The Hall–Kier alpha value is -1.49. The van der Waals surface area contributed by atoms with Crippen molar-refractivity contribution in [3.8, 4) is 0 Å². The van der Waals surface area contributed by atoms with Crippen LogP contribution in [0.15, 0.2) is 33.8 Å². The second kappa shape index (κ2) is 5.21. The van der Waals surface area contributed by atoms with Crippen LogP contribution >= 0.6 is 11.6 Å². The molecule has 0 aliphatic carbocycles. The van der Waals surface area contributed by atoms with Crippen LogP contribution in [0.1, 0.15) is 6.92 Å². The van der Waals surface area contributed by atoms with E-state index in [1.165, 1.54) is 0 Å². The molecule has 0 fully saturated rings. The van der Waals surface area contributed by atoms with Gasteiger partial charge in [0.05, 0.1) is 6.34 Å². The molecule has 0 saturated heterocycles. The van der Waals surface area contributed by atoms with Gasteiger partial charge in [0, 0.05) is 5.70 Å². The Balaban J connectivity index is 5.00. The summed E-state index contributed by atoms with van der Waals surface area (Å²) >= 11 is 5.72. The largest absolute Gasteiger partial charge is 0.400 e. The Morgan fingerprint density at radius 3 is 2.31 bits per heavy atom. The van der Waals surface area contributed by atoms with E-state index >= 15 is 0 Å². The highest BCUT2D eigenvalue weighted by atomic mass is 35.5. The van der Waals surface area contributed by atoms with Crippen LogP contribution in [-0.2, 0) is 0 Å². The first-order valence-corrected chi connectivity index (χ1v) is 3.76. The monoisotopic (exact) mass is 201 g/mol. The standard InChI is InChI=1S/C7H12ClN5/c1-4(10)6(12-3-9)7(8)13-5(2)11/h3H,2,10-11H2,1H3,(H2,9,12)/b6-4+,13-7?. The van der Waals surface area contributed by atoms with Gasteiger partial charge < -0.3 is 17.2 Å². The Kier molecular flexibility index (Phi) is 4.61. The maximum absolute atomic E-state index is 5.72. The number of hydrogen-bond donors (Lipinski definition) is 3. The van der Waals surface area contributed by atoms with Crippen LogP contribution in [0.5, 0.6) is 0 Å². The molecule has 5 nitrogen and oxygen atoms in total. The second-order valence-electron chi connectivity index (χ2n) is 2.20. The molecular formula is C7H12ClN5. The van der Waals surface area contributed by atoms with E-state index in [0.717, 1.165) is 6.34 Å². The molecule has 0 heterocycles. The Morgan fingerprint density at radius 1 is 1.46 bits per heavy atom. The third kappa shape index (κ3) is 4.17. The second-order valence-corrected chi connectivity index (χ2v) is 2.56. The van der Waals surface area contributed by atoms with Gasteiger partial charge in [-0.15, -0.1) is 0 Å². The molecule has 13 heavy (non-hydrogen) atoms. The predicted molar refractivity (Wildman–Crippen MR) is 56.2 cm³/mol. The van der Waals surface area contributed by atoms with Crippen LogP contribution < -0.4 is 17.2 Å². The average Bonchev–Trinajstić information content (AvgIpc) is 1.97. The molecule has 0 unspecified atom stereocenters. The van der Waals surface area contributed by atoms with E-state index in [1.54, 1.807) is 6.92 Å².